The molecule has 0 radical (unpaired) electrons. The smallest absolute Gasteiger partial charge is 0.298 e. The zero-order chi connectivity index (χ0) is 14.3. The van der Waals surface area contributed by atoms with Crippen molar-refractivity contribution in [3.63, 3.8) is 0 Å². The van der Waals surface area contributed by atoms with Gasteiger partial charge in [0.05, 0.1) is 10.6 Å². The van der Waals surface area contributed by atoms with E-state index in [2.05, 4.69) is 0 Å². The number of sulfone groups is 1. The molecule has 0 fully saturated rings. The standard InChI is InChI=1S/C8H11NO7S2/c1-4(10)17(12,13)5-2-6(9)8(11)7(3-5)18(14,15)16/h2-4,10-11H,9H2,1H3,(H,14,15,16). The van der Waals surface area contributed by atoms with Crippen LogP contribution >= 0.6 is 0 Å². The van der Waals surface area contributed by atoms with Crippen LogP contribution in [0.5, 0.6) is 5.75 Å². The summed E-state index contributed by atoms with van der Waals surface area (Å²) in [6, 6.07) is 1.30. The Hall–Kier alpha value is -1.36. The van der Waals surface area contributed by atoms with Gasteiger partial charge in [-0.2, -0.15) is 8.42 Å². The quantitative estimate of drug-likeness (QED) is 0.325. The summed E-state index contributed by atoms with van der Waals surface area (Å²) >= 11 is 0. The molecule has 0 saturated carbocycles. The van der Waals surface area contributed by atoms with Crippen LogP contribution in [-0.2, 0) is 20.0 Å². The van der Waals surface area contributed by atoms with Crippen LogP contribution in [0.15, 0.2) is 21.9 Å². The Kier molecular flexibility index (Phi) is 3.58. The van der Waals surface area contributed by atoms with Gasteiger partial charge in [0.25, 0.3) is 10.1 Å². The first-order chi connectivity index (χ1) is 7.98. The fraction of sp³-hybridized carbons (Fsp3) is 0.250. The molecule has 1 aromatic carbocycles. The second kappa shape index (κ2) is 4.39. The molecule has 1 unspecified atom stereocenters. The van der Waals surface area contributed by atoms with E-state index in [0.717, 1.165) is 13.0 Å². The van der Waals surface area contributed by atoms with Crippen LogP contribution in [0.1, 0.15) is 6.92 Å². The first kappa shape index (κ1) is 14.7. The van der Waals surface area contributed by atoms with E-state index >= 15 is 0 Å². The summed E-state index contributed by atoms with van der Waals surface area (Å²) in [6.07, 6.45) is 0. The van der Waals surface area contributed by atoms with Crippen molar-refractivity contribution in [1.82, 2.24) is 0 Å². The Morgan fingerprint density at radius 3 is 2.11 bits per heavy atom. The zero-order valence-corrected chi connectivity index (χ0v) is 10.7. The monoisotopic (exact) mass is 297 g/mol. The Morgan fingerprint density at radius 2 is 1.72 bits per heavy atom. The predicted molar refractivity (Wildman–Crippen MR) is 61.2 cm³/mol. The number of phenolic OH excluding ortho intramolecular Hbond substituents is 1. The molecule has 0 aliphatic heterocycles. The van der Waals surface area contributed by atoms with Gasteiger partial charge in [-0.1, -0.05) is 0 Å². The molecular formula is C8H11NO7S2. The number of hydrogen-bond acceptors (Lipinski definition) is 7. The molecule has 0 spiro atoms. The van der Waals surface area contributed by atoms with E-state index in [1.807, 2.05) is 0 Å². The number of benzene rings is 1. The molecule has 0 aliphatic rings. The van der Waals surface area contributed by atoms with Crippen molar-refractivity contribution in [2.24, 2.45) is 0 Å². The lowest BCUT2D eigenvalue weighted by molar-refractivity contribution is 0.268. The highest BCUT2D eigenvalue weighted by Gasteiger charge is 2.26. The molecule has 10 heteroatoms. The number of aromatic hydroxyl groups is 1. The molecule has 0 aromatic heterocycles. The topological polar surface area (TPSA) is 155 Å². The molecule has 102 valence electrons. The maximum absolute atomic E-state index is 11.6. The average molecular weight is 297 g/mol. The molecule has 0 saturated heterocycles. The Bertz CT molecular complexity index is 676. The number of aliphatic hydroxyl groups is 1. The van der Waals surface area contributed by atoms with E-state index in [9.17, 15) is 21.9 Å². The van der Waals surface area contributed by atoms with Crippen molar-refractivity contribution in [3.05, 3.63) is 12.1 Å². The van der Waals surface area contributed by atoms with Gasteiger partial charge in [-0.05, 0) is 19.1 Å². The van der Waals surface area contributed by atoms with Gasteiger partial charge in [-0.25, -0.2) is 8.42 Å². The highest BCUT2D eigenvalue weighted by Crippen LogP contribution is 2.33. The molecule has 8 nitrogen and oxygen atoms in total. The minimum atomic E-state index is -4.84. The summed E-state index contributed by atoms with van der Waals surface area (Å²) in [7, 11) is -9.05. The summed E-state index contributed by atoms with van der Waals surface area (Å²) in [5, 5.41) is 18.4. The number of hydrogen-bond donors (Lipinski definition) is 4. The number of nitrogens with two attached hydrogens (primary N) is 1. The fourth-order valence-electron chi connectivity index (χ4n) is 1.16. The van der Waals surface area contributed by atoms with Crippen LogP contribution in [0.25, 0.3) is 0 Å². The molecular weight excluding hydrogens is 286 g/mol. The first-order valence-electron chi connectivity index (χ1n) is 4.50. The number of aliphatic hydroxyl groups excluding tert-OH is 1. The highest BCUT2D eigenvalue weighted by atomic mass is 32.2. The highest BCUT2D eigenvalue weighted by molar-refractivity contribution is 7.92. The second-order valence-electron chi connectivity index (χ2n) is 3.48. The van der Waals surface area contributed by atoms with Gasteiger partial charge in [0.2, 0.25) is 9.84 Å². The minimum Gasteiger partial charge on any atom is -0.504 e. The van der Waals surface area contributed by atoms with Crippen molar-refractivity contribution < 1.29 is 31.6 Å². The van der Waals surface area contributed by atoms with Gasteiger partial charge in [-0.3, -0.25) is 4.55 Å². The maximum Gasteiger partial charge on any atom is 0.298 e. The molecule has 1 aromatic rings. The van der Waals surface area contributed by atoms with Crippen LogP contribution in [-0.4, -0.2) is 37.0 Å². The number of nitrogen functional groups attached to an aromatic ring is 1. The van der Waals surface area contributed by atoms with E-state index < -0.39 is 46.6 Å². The van der Waals surface area contributed by atoms with Gasteiger partial charge in [0.15, 0.2) is 11.2 Å². The Morgan fingerprint density at radius 1 is 1.22 bits per heavy atom. The normalized spacial score (nSPS) is 14.4. The van der Waals surface area contributed by atoms with Crippen molar-refractivity contribution in [2.75, 3.05) is 5.73 Å². The first-order valence-corrected chi connectivity index (χ1v) is 7.48. The van der Waals surface area contributed by atoms with Crippen molar-refractivity contribution in [3.8, 4) is 5.75 Å². The van der Waals surface area contributed by atoms with Crippen molar-refractivity contribution in [1.29, 1.82) is 0 Å². The van der Waals surface area contributed by atoms with Gasteiger partial charge in [-0.15, -0.1) is 0 Å². The molecule has 0 heterocycles. The molecule has 0 amide bonds. The summed E-state index contributed by atoms with van der Waals surface area (Å²) < 4.78 is 53.9. The van der Waals surface area contributed by atoms with E-state index in [1.165, 1.54) is 0 Å². The van der Waals surface area contributed by atoms with Gasteiger partial charge >= 0.3 is 0 Å². The van der Waals surface area contributed by atoms with Crippen LogP contribution in [0.4, 0.5) is 5.69 Å². The largest absolute Gasteiger partial charge is 0.504 e. The lowest BCUT2D eigenvalue weighted by atomic mass is 10.3. The minimum absolute atomic E-state index is 0.517. The summed E-state index contributed by atoms with van der Waals surface area (Å²) in [4.78, 5) is -1.66. The second-order valence-corrected chi connectivity index (χ2v) is 7.11. The molecule has 1 rings (SSSR count). The number of rotatable bonds is 3. The summed E-state index contributed by atoms with van der Waals surface area (Å²) in [6.45, 7) is 0.964. The van der Waals surface area contributed by atoms with E-state index in [-0.39, 0.29) is 0 Å². The summed E-state index contributed by atoms with van der Waals surface area (Å²) in [5.74, 6) is -0.956. The van der Waals surface area contributed by atoms with Gasteiger partial charge < -0.3 is 15.9 Å². The lowest BCUT2D eigenvalue weighted by Crippen LogP contribution is -2.17. The van der Waals surface area contributed by atoms with Crippen molar-refractivity contribution in [2.45, 2.75) is 22.2 Å². The third-order valence-electron chi connectivity index (χ3n) is 2.13. The fourth-order valence-corrected chi connectivity index (χ4v) is 2.84. The molecule has 1 atom stereocenters. The van der Waals surface area contributed by atoms with Crippen molar-refractivity contribution >= 4 is 25.6 Å². The SMILES string of the molecule is CC(O)S(=O)(=O)c1cc(N)c(O)c(S(=O)(=O)O)c1. The zero-order valence-electron chi connectivity index (χ0n) is 9.10. The predicted octanol–water partition coefficient (Wildman–Crippen LogP) is -0.667. The molecule has 5 N–H and O–H groups in total. The van der Waals surface area contributed by atoms with Crippen LogP contribution in [0.2, 0.25) is 0 Å². The maximum atomic E-state index is 11.6. The molecule has 0 bridgehead atoms. The Balaban J connectivity index is 3.69. The van der Waals surface area contributed by atoms with Crippen LogP contribution in [0.3, 0.4) is 0 Å². The lowest BCUT2D eigenvalue weighted by Gasteiger charge is -2.11. The summed E-state index contributed by atoms with van der Waals surface area (Å²) in [5.41, 5.74) is 2.90. The third kappa shape index (κ3) is 2.56. The van der Waals surface area contributed by atoms with Crippen LogP contribution in [0, 0.1) is 0 Å². The molecule has 18 heavy (non-hydrogen) atoms. The Labute approximate surface area is 103 Å². The van der Waals surface area contributed by atoms with Crippen LogP contribution < -0.4 is 5.73 Å². The molecule has 0 aliphatic carbocycles. The van der Waals surface area contributed by atoms with E-state index in [0.29, 0.717) is 6.07 Å². The van der Waals surface area contributed by atoms with Gasteiger partial charge in [0, 0.05) is 0 Å². The third-order valence-corrected chi connectivity index (χ3v) is 4.79. The number of phenols is 1. The van der Waals surface area contributed by atoms with E-state index in [4.69, 9.17) is 15.4 Å². The van der Waals surface area contributed by atoms with E-state index in [1.54, 1.807) is 0 Å². The number of anilines is 1. The average Bonchev–Trinajstić information content (AvgIpc) is 2.19. The van der Waals surface area contributed by atoms with Gasteiger partial charge in [0.1, 0.15) is 4.90 Å².